The van der Waals surface area contributed by atoms with Crippen LogP contribution < -0.4 is 4.74 Å². The molecule has 0 unspecified atom stereocenters. The molecule has 5 nitrogen and oxygen atoms in total. The van der Waals surface area contributed by atoms with Crippen molar-refractivity contribution in [2.75, 3.05) is 26.9 Å². The van der Waals surface area contributed by atoms with Crippen LogP contribution in [0.3, 0.4) is 0 Å². The predicted molar refractivity (Wildman–Crippen MR) is 96.6 cm³/mol. The Kier molecular flexibility index (Phi) is 4.77. The number of nitrogens with zero attached hydrogens (tertiary/aromatic N) is 3. The van der Waals surface area contributed by atoms with Gasteiger partial charge in [0.2, 0.25) is 0 Å². The minimum atomic E-state index is 0.250. The van der Waals surface area contributed by atoms with Crippen LogP contribution >= 0.6 is 0 Å². The van der Waals surface area contributed by atoms with Gasteiger partial charge in [-0.3, -0.25) is 9.58 Å². The molecule has 1 fully saturated rings. The second-order valence-corrected chi connectivity index (χ2v) is 7.21. The quantitative estimate of drug-likeness (QED) is 0.776. The number of benzene rings is 1. The summed E-state index contributed by atoms with van der Waals surface area (Å²) in [6, 6.07) is 8.54. The zero-order valence-electron chi connectivity index (χ0n) is 15.1. The fourth-order valence-corrected chi connectivity index (χ4v) is 3.76. The molecular weight excluding hydrogens is 314 g/mol. The van der Waals surface area contributed by atoms with Gasteiger partial charge in [0.1, 0.15) is 5.75 Å². The first-order chi connectivity index (χ1) is 12.3. The minimum absolute atomic E-state index is 0.250. The van der Waals surface area contributed by atoms with Gasteiger partial charge in [-0.1, -0.05) is 18.2 Å². The standard InChI is InChI=1S/C20H27N3O2/c1-22-20-16(11-21-22)9-10-23(18(20)14-25-13-15-7-8-15)12-17-5-3-4-6-19(17)24-2/h3-6,11,15,18H,7-10,12-14H2,1-2H3/t18-/m0/s1. The number of hydrogen-bond acceptors (Lipinski definition) is 4. The summed E-state index contributed by atoms with van der Waals surface area (Å²) >= 11 is 0. The maximum Gasteiger partial charge on any atom is 0.123 e. The van der Waals surface area contributed by atoms with Gasteiger partial charge in [-0.25, -0.2) is 0 Å². The summed E-state index contributed by atoms with van der Waals surface area (Å²) in [5, 5.41) is 4.49. The number of rotatable bonds is 7. The number of fused-ring (bicyclic) bond motifs is 1. The third-order valence-electron chi connectivity index (χ3n) is 5.38. The van der Waals surface area contributed by atoms with Crippen molar-refractivity contribution in [1.29, 1.82) is 0 Å². The van der Waals surface area contributed by atoms with Crippen molar-refractivity contribution in [2.24, 2.45) is 13.0 Å². The topological polar surface area (TPSA) is 39.5 Å². The van der Waals surface area contributed by atoms with Crippen LogP contribution in [0.1, 0.15) is 35.7 Å². The van der Waals surface area contributed by atoms with Gasteiger partial charge in [0.15, 0.2) is 0 Å². The van der Waals surface area contributed by atoms with Gasteiger partial charge in [-0.15, -0.1) is 0 Å². The van der Waals surface area contributed by atoms with Crippen LogP contribution in [0.25, 0.3) is 0 Å². The van der Waals surface area contributed by atoms with Crippen molar-refractivity contribution >= 4 is 0 Å². The predicted octanol–water partition coefficient (Wildman–Crippen LogP) is 2.95. The van der Waals surface area contributed by atoms with E-state index >= 15 is 0 Å². The molecule has 4 rings (SSSR count). The van der Waals surface area contributed by atoms with Crippen LogP contribution in [0.4, 0.5) is 0 Å². The largest absolute Gasteiger partial charge is 0.496 e. The van der Waals surface area contributed by atoms with Crippen molar-refractivity contribution in [2.45, 2.75) is 31.8 Å². The molecule has 0 radical (unpaired) electrons. The van der Waals surface area contributed by atoms with Crippen LogP contribution in [0.5, 0.6) is 5.75 Å². The minimum Gasteiger partial charge on any atom is -0.496 e. The molecule has 5 heteroatoms. The SMILES string of the molecule is COc1ccccc1CN1CCc2cnn(C)c2[C@@H]1COCC1CC1. The first kappa shape index (κ1) is 16.6. The molecule has 1 aliphatic heterocycles. The van der Waals surface area contributed by atoms with E-state index in [1.54, 1.807) is 7.11 Å². The molecule has 1 aromatic heterocycles. The maximum atomic E-state index is 6.09. The van der Waals surface area contributed by atoms with Crippen LogP contribution in [0, 0.1) is 5.92 Å². The zero-order chi connectivity index (χ0) is 17.2. The monoisotopic (exact) mass is 341 g/mol. The molecule has 1 aliphatic carbocycles. The summed E-state index contributed by atoms with van der Waals surface area (Å²) in [6.07, 6.45) is 5.71. The van der Waals surface area contributed by atoms with E-state index in [4.69, 9.17) is 9.47 Å². The van der Waals surface area contributed by atoms with E-state index in [0.717, 1.165) is 44.4 Å². The number of para-hydroxylation sites is 1. The third-order valence-corrected chi connectivity index (χ3v) is 5.38. The van der Waals surface area contributed by atoms with E-state index in [2.05, 4.69) is 22.1 Å². The van der Waals surface area contributed by atoms with Gasteiger partial charge in [0.05, 0.1) is 31.6 Å². The summed E-state index contributed by atoms with van der Waals surface area (Å²) in [4.78, 5) is 2.51. The number of hydrogen-bond donors (Lipinski definition) is 0. The van der Waals surface area contributed by atoms with Crippen LogP contribution in [0.15, 0.2) is 30.5 Å². The highest BCUT2D eigenvalue weighted by molar-refractivity contribution is 5.34. The molecule has 134 valence electrons. The van der Waals surface area contributed by atoms with Gasteiger partial charge in [0.25, 0.3) is 0 Å². The normalized spacial score (nSPS) is 20.5. The lowest BCUT2D eigenvalue weighted by atomic mass is 9.99. The van der Waals surface area contributed by atoms with Crippen molar-refractivity contribution in [3.63, 3.8) is 0 Å². The molecular formula is C20H27N3O2. The molecule has 1 atom stereocenters. The lowest BCUT2D eigenvalue weighted by Gasteiger charge is -2.36. The summed E-state index contributed by atoms with van der Waals surface area (Å²) in [5.41, 5.74) is 3.89. The molecule has 0 spiro atoms. The molecule has 25 heavy (non-hydrogen) atoms. The van der Waals surface area contributed by atoms with Crippen LogP contribution in [-0.2, 0) is 24.8 Å². The van der Waals surface area contributed by atoms with E-state index in [-0.39, 0.29) is 6.04 Å². The van der Waals surface area contributed by atoms with Gasteiger partial charge < -0.3 is 9.47 Å². The number of aromatic nitrogens is 2. The Balaban J connectivity index is 1.55. The van der Waals surface area contributed by atoms with Crippen LogP contribution in [-0.4, -0.2) is 41.5 Å². The van der Waals surface area contributed by atoms with Crippen LogP contribution in [0.2, 0.25) is 0 Å². The smallest absolute Gasteiger partial charge is 0.123 e. The molecule has 1 aromatic carbocycles. The van der Waals surface area contributed by atoms with E-state index in [0.29, 0.717) is 0 Å². The molecule has 0 bridgehead atoms. The van der Waals surface area contributed by atoms with Crippen molar-refractivity contribution in [1.82, 2.24) is 14.7 Å². The summed E-state index contributed by atoms with van der Waals surface area (Å²) in [6.45, 7) is 3.52. The third kappa shape index (κ3) is 3.58. The number of methoxy groups -OCH3 is 1. The lowest BCUT2D eigenvalue weighted by molar-refractivity contribution is 0.0410. The van der Waals surface area contributed by atoms with E-state index in [1.807, 2.05) is 30.1 Å². The Morgan fingerprint density at radius 3 is 2.84 bits per heavy atom. The summed E-state index contributed by atoms with van der Waals surface area (Å²) < 4.78 is 13.7. The first-order valence-corrected chi connectivity index (χ1v) is 9.20. The highest BCUT2D eigenvalue weighted by Crippen LogP contribution is 2.34. The Bertz CT molecular complexity index is 723. The van der Waals surface area contributed by atoms with E-state index in [9.17, 15) is 0 Å². The molecule has 0 saturated heterocycles. The Morgan fingerprint density at radius 1 is 1.20 bits per heavy atom. The fraction of sp³-hybridized carbons (Fsp3) is 0.550. The molecule has 2 heterocycles. The van der Waals surface area contributed by atoms with E-state index in [1.165, 1.54) is 29.7 Å². The van der Waals surface area contributed by atoms with Gasteiger partial charge >= 0.3 is 0 Å². The Labute approximate surface area is 149 Å². The summed E-state index contributed by atoms with van der Waals surface area (Å²) in [5.74, 6) is 1.74. The fourth-order valence-electron chi connectivity index (χ4n) is 3.76. The molecule has 2 aliphatic rings. The van der Waals surface area contributed by atoms with Gasteiger partial charge in [-0.05, 0) is 36.8 Å². The first-order valence-electron chi connectivity index (χ1n) is 9.20. The second kappa shape index (κ2) is 7.18. The highest BCUT2D eigenvalue weighted by Gasteiger charge is 2.32. The molecule has 0 N–H and O–H groups in total. The molecule has 1 saturated carbocycles. The maximum absolute atomic E-state index is 6.09. The summed E-state index contributed by atoms with van der Waals surface area (Å²) in [7, 11) is 3.78. The lowest BCUT2D eigenvalue weighted by Crippen LogP contribution is -2.38. The average molecular weight is 341 g/mol. The Hall–Kier alpha value is -1.85. The van der Waals surface area contributed by atoms with E-state index < -0.39 is 0 Å². The van der Waals surface area contributed by atoms with Gasteiger partial charge in [-0.2, -0.15) is 5.10 Å². The highest BCUT2D eigenvalue weighted by atomic mass is 16.5. The zero-order valence-corrected chi connectivity index (χ0v) is 15.1. The number of aryl methyl sites for hydroxylation is 1. The van der Waals surface area contributed by atoms with Crippen molar-refractivity contribution in [3.05, 3.63) is 47.3 Å². The molecule has 0 amide bonds. The van der Waals surface area contributed by atoms with Crippen molar-refractivity contribution in [3.8, 4) is 5.75 Å². The number of ether oxygens (including phenoxy) is 2. The Morgan fingerprint density at radius 2 is 2.04 bits per heavy atom. The average Bonchev–Trinajstić information content (AvgIpc) is 3.38. The molecule has 2 aromatic rings. The van der Waals surface area contributed by atoms with Crippen molar-refractivity contribution < 1.29 is 9.47 Å². The second-order valence-electron chi connectivity index (χ2n) is 7.21. The van der Waals surface area contributed by atoms with Gasteiger partial charge in [0, 0.05) is 32.3 Å².